The summed E-state index contributed by atoms with van der Waals surface area (Å²) in [6.07, 6.45) is 6.61. The van der Waals surface area contributed by atoms with Crippen LogP contribution in [-0.4, -0.2) is 52.8 Å². The number of rotatable bonds is 4. The minimum atomic E-state index is -1.06. The standard InChI is InChI=1S/C22H24ClN5O4/c23-13-5-6-15-16(10-13)27(11-14-4-3-9-31-14)20(29)18-17(24-12-28(15)18)19-25-21(26-32-19)22(30)7-1-2-8-22/h5-6,10,12,14,17-18,30H,1-4,7-9,11H2. The average molecular weight is 458 g/mol. The predicted molar refractivity (Wildman–Crippen MR) is 117 cm³/mol. The molecule has 1 aromatic heterocycles. The van der Waals surface area contributed by atoms with Crippen molar-refractivity contribution in [1.82, 2.24) is 10.1 Å². The molecule has 0 spiro atoms. The Morgan fingerprint density at radius 1 is 1.22 bits per heavy atom. The Kier molecular flexibility index (Phi) is 4.74. The van der Waals surface area contributed by atoms with Crippen molar-refractivity contribution in [2.75, 3.05) is 23.0 Å². The fraction of sp³-hybridized carbons (Fsp3) is 0.545. The predicted octanol–water partition coefficient (Wildman–Crippen LogP) is 2.97. The van der Waals surface area contributed by atoms with Crippen LogP contribution in [0, 0.1) is 0 Å². The maximum Gasteiger partial charge on any atom is 0.254 e. The molecule has 1 aliphatic carbocycles. The third-order valence-corrected chi connectivity index (χ3v) is 7.16. The highest BCUT2D eigenvalue weighted by atomic mass is 35.5. The van der Waals surface area contributed by atoms with Crippen LogP contribution < -0.4 is 9.80 Å². The Morgan fingerprint density at radius 2 is 2.06 bits per heavy atom. The highest BCUT2D eigenvalue weighted by Crippen LogP contribution is 2.44. The van der Waals surface area contributed by atoms with E-state index in [0.717, 1.165) is 37.1 Å². The number of fused-ring (bicyclic) bond motifs is 3. The van der Waals surface area contributed by atoms with Gasteiger partial charge in [-0.05, 0) is 56.7 Å². The zero-order chi connectivity index (χ0) is 21.9. The molecule has 3 atom stereocenters. The van der Waals surface area contributed by atoms with E-state index in [2.05, 4.69) is 15.1 Å². The lowest BCUT2D eigenvalue weighted by molar-refractivity contribution is -0.120. The maximum absolute atomic E-state index is 13.7. The van der Waals surface area contributed by atoms with Crippen molar-refractivity contribution < 1.29 is 19.2 Å². The van der Waals surface area contributed by atoms with E-state index in [1.54, 1.807) is 17.3 Å². The van der Waals surface area contributed by atoms with E-state index in [0.29, 0.717) is 31.0 Å². The quantitative estimate of drug-likeness (QED) is 0.752. The molecule has 32 heavy (non-hydrogen) atoms. The number of aromatic nitrogens is 2. The number of hydrogen-bond acceptors (Lipinski definition) is 8. The van der Waals surface area contributed by atoms with Crippen LogP contribution in [-0.2, 0) is 15.1 Å². The van der Waals surface area contributed by atoms with Crippen molar-refractivity contribution in [2.24, 2.45) is 4.99 Å². The van der Waals surface area contributed by atoms with Crippen LogP contribution in [0.1, 0.15) is 56.3 Å². The van der Waals surface area contributed by atoms with Crippen molar-refractivity contribution in [2.45, 2.75) is 62.3 Å². The van der Waals surface area contributed by atoms with Gasteiger partial charge in [-0.3, -0.25) is 9.79 Å². The van der Waals surface area contributed by atoms with Crippen molar-refractivity contribution in [1.29, 1.82) is 0 Å². The van der Waals surface area contributed by atoms with Gasteiger partial charge in [-0.1, -0.05) is 16.8 Å². The molecule has 168 valence electrons. The van der Waals surface area contributed by atoms with E-state index in [-0.39, 0.29) is 23.7 Å². The first-order valence-electron chi connectivity index (χ1n) is 11.1. The van der Waals surface area contributed by atoms with Crippen molar-refractivity contribution in [3.8, 4) is 0 Å². The average Bonchev–Trinajstić information content (AvgIpc) is 3.57. The number of amides is 1. The highest BCUT2D eigenvalue weighted by molar-refractivity contribution is 6.31. The van der Waals surface area contributed by atoms with Crippen LogP contribution in [0.4, 0.5) is 11.4 Å². The lowest BCUT2D eigenvalue weighted by atomic mass is 10.00. The van der Waals surface area contributed by atoms with Crippen LogP contribution >= 0.6 is 11.6 Å². The third kappa shape index (κ3) is 3.14. The van der Waals surface area contributed by atoms with Crippen molar-refractivity contribution >= 4 is 35.2 Å². The monoisotopic (exact) mass is 457 g/mol. The summed E-state index contributed by atoms with van der Waals surface area (Å²) in [6.45, 7) is 1.17. The van der Waals surface area contributed by atoms with E-state index >= 15 is 0 Å². The van der Waals surface area contributed by atoms with E-state index < -0.39 is 17.7 Å². The summed E-state index contributed by atoms with van der Waals surface area (Å²) in [5.74, 6) is 0.411. The molecule has 1 saturated heterocycles. The van der Waals surface area contributed by atoms with Gasteiger partial charge in [0.15, 0.2) is 6.04 Å². The van der Waals surface area contributed by atoms with Gasteiger partial charge in [-0.25, -0.2) is 0 Å². The molecule has 0 radical (unpaired) electrons. The third-order valence-electron chi connectivity index (χ3n) is 6.93. The first-order valence-corrected chi connectivity index (χ1v) is 11.5. The van der Waals surface area contributed by atoms with E-state index in [9.17, 15) is 9.90 Å². The molecule has 0 bridgehead atoms. The van der Waals surface area contributed by atoms with Gasteiger partial charge < -0.3 is 24.2 Å². The van der Waals surface area contributed by atoms with Gasteiger partial charge in [0.05, 0.1) is 30.4 Å². The second kappa shape index (κ2) is 7.54. The molecular weight excluding hydrogens is 434 g/mol. The molecule has 1 N–H and O–H groups in total. The molecule has 1 aromatic carbocycles. The Balaban J connectivity index is 1.35. The fourth-order valence-electron chi connectivity index (χ4n) is 5.23. The van der Waals surface area contributed by atoms with Crippen LogP contribution in [0.2, 0.25) is 5.02 Å². The van der Waals surface area contributed by atoms with Crippen LogP contribution in [0.15, 0.2) is 27.7 Å². The van der Waals surface area contributed by atoms with Gasteiger partial charge in [0.25, 0.3) is 11.8 Å². The Morgan fingerprint density at radius 3 is 2.84 bits per heavy atom. The number of aliphatic imine (C=N–C) groups is 1. The zero-order valence-electron chi connectivity index (χ0n) is 17.5. The summed E-state index contributed by atoms with van der Waals surface area (Å²) < 4.78 is 11.3. The molecule has 4 aliphatic rings. The number of nitrogens with zero attached hydrogens (tertiary/aromatic N) is 5. The summed E-state index contributed by atoms with van der Waals surface area (Å²) in [4.78, 5) is 26.4. The number of aliphatic hydroxyl groups is 1. The van der Waals surface area contributed by atoms with E-state index in [4.69, 9.17) is 20.9 Å². The number of carbonyl (C=O) groups excluding carboxylic acids is 1. The SMILES string of the molecule is O=C1C2C(c3nc(C4(O)CCCC4)no3)N=CN2c2ccc(Cl)cc2N1CC1CCCO1. The highest BCUT2D eigenvalue weighted by Gasteiger charge is 2.49. The lowest BCUT2D eigenvalue weighted by Gasteiger charge is -2.40. The Bertz CT molecular complexity index is 1080. The Hall–Kier alpha value is -2.49. The first-order chi connectivity index (χ1) is 15.5. The van der Waals surface area contributed by atoms with Crippen molar-refractivity contribution in [3.05, 3.63) is 34.9 Å². The smallest absolute Gasteiger partial charge is 0.254 e. The number of benzene rings is 1. The summed E-state index contributed by atoms with van der Waals surface area (Å²) in [5, 5.41) is 15.4. The number of carbonyl (C=O) groups is 1. The first kappa shape index (κ1) is 20.1. The topological polar surface area (TPSA) is 104 Å². The van der Waals surface area contributed by atoms with Gasteiger partial charge in [-0.2, -0.15) is 4.98 Å². The van der Waals surface area contributed by atoms with Crippen molar-refractivity contribution in [3.63, 3.8) is 0 Å². The second-order valence-corrected chi connectivity index (χ2v) is 9.41. The molecule has 4 heterocycles. The normalized spacial score (nSPS) is 28.4. The number of hydrogen-bond donors (Lipinski definition) is 1. The molecule has 3 unspecified atom stereocenters. The molecule has 6 rings (SSSR count). The summed E-state index contributed by atoms with van der Waals surface area (Å²) >= 11 is 6.27. The number of anilines is 2. The molecule has 10 heteroatoms. The fourth-order valence-corrected chi connectivity index (χ4v) is 5.40. The van der Waals surface area contributed by atoms with Gasteiger partial charge in [0.2, 0.25) is 5.82 Å². The largest absolute Gasteiger partial charge is 0.382 e. The van der Waals surface area contributed by atoms with Crippen LogP contribution in [0.25, 0.3) is 0 Å². The van der Waals surface area contributed by atoms with Crippen LogP contribution in [0.5, 0.6) is 0 Å². The minimum Gasteiger partial charge on any atom is -0.382 e. The summed E-state index contributed by atoms with van der Waals surface area (Å²) in [6, 6.07) is 4.22. The minimum absolute atomic E-state index is 0.00951. The second-order valence-electron chi connectivity index (χ2n) is 8.97. The molecule has 3 aliphatic heterocycles. The van der Waals surface area contributed by atoms with Crippen LogP contribution in [0.3, 0.4) is 0 Å². The van der Waals surface area contributed by atoms with Gasteiger partial charge >= 0.3 is 0 Å². The van der Waals surface area contributed by atoms with Gasteiger partial charge in [0.1, 0.15) is 11.6 Å². The molecule has 9 nitrogen and oxygen atoms in total. The molecule has 2 aromatic rings. The zero-order valence-corrected chi connectivity index (χ0v) is 18.2. The number of ether oxygens (including phenoxy) is 1. The van der Waals surface area contributed by atoms with E-state index in [1.165, 1.54) is 0 Å². The lowest BCUT2D eigenvalue weighted by Crippen LogP contribution is -2.54. The molecule has 1 amide bonds. The van der Waals surface area contributed by atoms with Gasteiger partial charge in [0, 0.05) is 11.6 Å². The van der Waals surface area contributed by atoms with E-state index in [1.807, 2.05) is 17.0 Å². The molecule has 2 fully saturated rings. The maximum atomic E-state index is 13.7. The summed E-state index contributed by atoms with van der Waals surface area (Å²) in [5.41, 5.74) is 0.528. The van der Waals surface area contributed by atoms with Gasteiger partial charge in [-0.15, -0.1) is 0 Å². The molecule has 1 saturated carbocycles. The summed E-state index contributed by atoms with van der Waals surface area (Å²) in [7, 11) is 0. The Labute approximate surface area is 190 Å². The number of halogens is 1. The molecular formula is C22H24ClN5O4.